The molecule has 1 aliphatic heterocycles. The van der Waals surface area contributed by atoms with Crippen molar-refractivity contribution < 1.29 is 9.90 Å². The molecule has 5 heteroatoms. The van der Waals surface area contributed by atoms with Gasteiger partial charge in [-0.15, -0.1) is 0 Å². The molecule has 0 spiro atoms. The first-order valence-corrected chi connectivity index (χ1v) is 8.25. The predicted octanol–water partition coefficient (Wildman–Crippen LogP) is 0.558. The number of likely N-dealkylation sites (tertiary alicyclic amines) is 1. The number of thioether (sulfide) groups is 1. The maximum absolute atomic E-state index is 11.3. The van der Waals surface area contributed by atoms with Gasteiger partial charge in [0.05, 0.1) is 0 Å². The van der Waals surface area contributed by atoms with E-state index in [1.165, 1.54) is 25.0 Å². The number of amides is 1. The Hall–Kier alpha value is -0.260. The third-order valence-corrected chi connectivity index (χ3v) is 4.68. The molecule has 0 aromatic carbocycles. The lowest BCUT2D eigenvalue weighted by atomic mass is 9.98. The SMILES string of the molecule is CSCCCN1C[C@H](NC(=O)CO)[C@@H](C2CC2)C1. The first-order valence-electron chi connectivity index (χ1n) is 6.86. The van der Waals surface area contributed by atoms with Gasteiger partial charge in [-0.1, -0.05) is 0 Å². The number of nitrogens with zero attached hydrogens (tertiary/aromatic N) is 1. The van der Waals surface area contributed by atoms with Crippen LogP contribution in [0.5, 0.6) is 0 Å². The van der Waals surface area contributed by atoms with Gasteiger partial charge in [-0.3, -0.25) is 4.79 Å². The minimum atomic E-state index is -0.389. The molecule has 0 aromatic rings. The lowest BCUT2D eigenvalue weighted by Crippen LogP contribution is -2.42. The van der Waals surface area contributed by atoms with E-state index in [0.717, 1.165) is 25.6 Å². The van der Waals surface area contributed by atoms with Crippen molar-refractivity contribution in [3.63, 3.8) is 0 Å². The van der Waals surface area contributed by atoms with E-state index in [-0.39, 0.29) is 18.6 Å². The molecular weight excluding hydrogens is 248 g/mol. The predicted molar refractivity (Wildman–Crippen MR) is 74.7 cm³/mol. The summed E-state index contributed by atoms with van der Waals surface area (Å²) in [6.45, 7) is 2.83. The highest BCUT2D eigenvalue weighted by Crippen LogP contribution is 2.41. The lowest BCUT2D eigenvalue weighted by molar-refractivity contribution is -0.124. The van der Waals surface area contributed by atoms with Crippen LogP contribution in [0, 0.1) is 11.8 Å². The van der Waals surface area contributed by atoms with Crippen molar-refractivity contribution >= 4 is 17.7 Å². The summed E-state index contributed by atoms with van der Waals surface area (Å²) in [6, 6.07) is 0.256. The molecule has 0 radical (unpaired) electrons. The fourth-order valence-electron chi connectivity index (χ4n) is 2.94. The van der Waals surface area contributed by atoms with Crippen LogP contribution in [0.15, 0.2) is 0 Å². The van der Waals surface area contributed by atoms with Crippen LogP contribution in [0.3, 0.4) is 0 Å². The van der Waals surface area contributed by atoms with E-state index in [9.17, 15) is 4.79 Å². The van der Waals surface area contributed by atoms with E-state index in [1.807, 2.05) is 11.8 Å². The van der Waals surface area contributed by atoms with Crippen LogP contribution >= 0.6 is 11.8 Å². The Morgan fingerprint density at radius 1 is 1.44 bits per heavy atom. The minimum absolute atomic E-state index is 0.225. The van der Waals surface area contributed by atoms with E-state index in [2.05, 4.69) is 16.5 Å². The molecule has 1 aliphatic carbocycles. The summed E-state index contributed by atoms with van der Waals surface area (Å²) in [4.78, 5) is 13.8. The Balaban J connectivity index is 1.81. The number of hydrogen-bond donors (Lipinski definition) is 2. The fraction of sp³-hybridized carbons (Fsp3) is 0.923. The quantitative estimate of drug-likeness (QED) is 0.665. The zero-order chi connectivity index (χ0) is 13.0. The zero-order valence-corrected chi connectivity index (χ0v) is 11.9. The normalized spacial score (nSPS) is 28.6. The van der Waals surface area contributed by atoms with Crippen LogP contribution in [0.1, 0.15) is 19.3 Å². The molecule has 1 saturated heterocycles. The average Bonchev–Trinajstić information content (AvgIpc) is 3.13. The number of aliphatic hydroxyl groups excluding tert-OH is 1. The monoisotopic (exact) mass is 272 g/mol. The van der Waals surface area contributed by atoms with E-state index < -0.39 is 0 Å². The van der Waals surface area contributed by atoms with Crippen molar-refractivity contribution in [2.75, 3.05) is 38.2 Å². The molecule has 1 saturated carbocycles. The molecule has 0 unspecified atom stereocenters. The van der Waals surface area contributed by atoms with Crippen molar-refractivity contribution in [2.45, 2.75) is 25.3 Å². The topological polar surface area (TPSA) is 52.6 Å². The summed E-state index contributed by atoms with van der Waals surface area (Å²) < 4.78 is 0. The molecule has 2 rings (SSSR count). The Labute approximate surface area is 113 Å². The van der Waals surface area contributed by atoms with Gasteiger partial charge in [0.15, 0.2) is 0 Å². The number of rotatable bonds is 7. The summed E-state index contributed by atoms with van der Waals surface area (Å²) in [5.41, 5.74) is 0. The second kappa shape index (κ2) is 6.78. The average molecular weight is 272 g/mol. The van der Waals surface area contributed by atoms with Gasteiger partial charge in [-0.25, -0.2) is 0 Å². The highest BCUT2D eigenvalue weighted by molar-refractivity contribution is 7.98. The van der Waals surface area contributed by atoms with Crippen molar-refractivity contribution in [3.8, 4) is 0 Å². The number of nitrogens with one attached hydrogen (secondary N) is 1. The highest BCUT2D eigenvalue weighted by Gasteiger charge is 2.42. The molecule has 1 amide bonds. The Bertz CT molecular complexity index is 284. The fourth-order valence-corrected chi connectivity index (χ4v) is 3.35. The Morgan fingerprint density at radius 2 is 2.22 bits per heavy atom. The smallest absolute Gasteiger partial charge is 0.245 e. The molecule has 4 nitrogen and oxygen atoms in total. The van der Waals surface area contributed by atoms with Crippen LogP contribution in [0.2, 0.25) is 0 Å². The van der Waals surface area contributed by atoms with E-state index in [1.54, 1.807) is 0 Å². The minimum Gasteiger partial charge on any atom is -0.387 e. The van der Waals surface area contributed by atoms with Crippen molar-refractivity contribution in [2.24, 2.45) is 11.8 Å². The Kier molecular flexibility index (Phi) is 5.33. The molecule has 0 aromatic heterocycles. The van der Waals surface area contributed by atoms with Crippen molar-refractivity contribution in [1.29, 1.82) is 0 Å². The molecule has 2 aliphatic rings. The largest absolute Gasteiger partial charge is 0.387 e. The third kappa shape index (κ3) is 3.87. The van der Waals surface area contributed by atoms with Gasteiger partial charge in [0.2, 0.25) is 5.91 Å². The molecule has 2 atom stereocenters. The maximum atomic E-state index is 11.3. The van der Waals surface area contributed by atoms with Crippen molar-refractivity contribution in [3.05, 3.63) is 0 Å². The summed E-state index contributed by atoms with van der Waals surface area (Å²) in [6.07, 6.45) is 5.99. The standard InChI is InChI=1S/C13H24N2O2S/c1-18-6-2-5-15-7-11(10-3-4-10)12(8-15)14-13(17)9-16/h10-12,16H,2-9H2,1H3,(H,14,17)/t11-,12+/m1/s1. The molecular formula is C13H24N2O2S. The van der Waals surface area contributed by atoms with Gasteiger partial charge in [0.25, 0.3) is 0 Å². The molecule has 18 heavy (non-hydrogen) atoms. The third-order valence-electron chi connectivity index (χ3n) is 3.98. The number of carbonyl (C=O) groups excluding carboxylic acids is 1. The zero-order valence-electron chi connectivity index (χ0n) is 11.1. The molecule has 2 N–H and O–H groups in total. The van der Waals surface area contributed by atoms with E-state index >= 15 is 0 Å². The summed E-state index contributed by atoms with van der Waals surface area (Å²) in [5.74, 6) is 2.39. The Morgan fingerprint density at radius 3 is 2.83 bits per heavy atom. The van der Waals surface area contributed by atoms with Gasteiger partial charge < -0.3 is 15.3 Å². The van der Waals surface area contributed by atoms with Gasteiger partial charge in [-0.2, -0.15) is 11.8 Å². The van der Waals surface area contributed by atoms with E-state index in [0.29, 0.717) is 5.92 Å². The number of carbonyl (C=O) groups is 1. The summed E-state index contributed by atoms with van der Waals surface area (Å²) in [5, 5.41) is 11.8. The van der Waals surface area contributed by atoms with Crippen LogP contribution < -0.4 is 5.32 Å². The van der Waals surface area contributed by atoms with Gasteiger partial charge >= 0.3 is 0 Å². The second-order valence-electron chi connectivity index (χ2n) is 5.44. The highest BCUT2D eigenvalue weighted by atomic mass is 32.2. The summed E-state index contributed by atoms with van der Waals surface area (Å²) in [7, 11) is 0. The molecule has 1 heterocycles. The van der Waals surface area contributed by atoms with Crippen LogP contribution in [-0.4, -0.2) is 60.2 Å². The molecule has 2 fully saturated rings. The van der Waals surface area contributed by atoms with Crippen LogP contribution in [0.4, 0.5) is 0 Å². The van der Waals surface area contributed by atoms with Gasteiger partial charge in [-0.05, 0) is 49.7 Å². The van der Waals surface area contributed by atoms with Crippen molar-refractivity contribution in [1.82, 2.24) is 10.2 Å². The van der Waals surface area contributed by atoms with Crippen LogP contribution in [-0.2, 0) is 4.79 Å². The summed E-state index contributed by atoms with van der Waals surface area (Å²) >= 11 is 1.89. The van der Waals surface area contributed by atoms with Gasteiger partial charge in [0, 0.05) is 19.1 Å². The first kappa shape index (κ1) is 14.2. The first-order chi connectivity index (χ1) is 8.74. The number of aliphatic hydroxyl groups is 1. The van der Waals surface area contributed by atoms with Crippen LogP contribution in [0.25, 0.3) is 0 Å². The van der Waals surface area contributed by atoms with Gasteiger partial charge in [0.1, 0.15) is 6.61 Å². The number of hydrogen-bond acceptors (Lipinski definition) is 4. The second-order valence-corrected chi connectivity index (χ2v) is 6.42. The molecule has 0 bridgehead atoms. The lowest BCUT2D eigenvalue weighted by Gasteiger charge is -2.18. The van der Waals surface area contributed by atoms with E-state index in [4.69, 9.17) is 5.11 Å². The maximum Gasteiger partial charge on any atom is 0.245 e. The molecule has 104 valence electrons.